The van der Waals surface area contributed by atoms with E-state index in [1.54, 1.807) is 0 Å². The molecule has 0 spiro atoms. The number of carbonyl (C=O) groups is 2. The van der Waals surface area contributed by atoms with Gasteiger partial charge < -0.3 is 20.3 Å². The van der Waals surface area contributed by atoms with Crippen LogP contribution in [-0.2, 0) is 14.3 Å². The highest BCUT2D eigenvalue weighted by atomic mass is 16.5. The van der Waals surface area contributed by atoms with Crippen LogP contribution in [0.4, 0.5) is 0 Å². The minimum atomic E-state index is -0.801. The van der Waals surface area contributed by atoms with Crippen molar-refractivity contribution in [2.45, 2.75) is 264 Å². The van der Waals surface area contributed by atoms with Crippen LogP contribution in [0.5, 0.6) is 0 Å². The molecular formula is C54H97NO5. The van der Waals surface area contributed by atoms with Crippen molar-refractivity contribution in [1.82, 2.24) is 5.32 Å². The highest BCUT2D eigenvalue weighted by molar-refractivity contribution is 5.77. The number of allylic oxidation sites excluding steroid dienone is 10. The van der Waals surface area contributed by atoms with Gasteiger partial charge >= 0.3 is 5.97 Å². The van der Waals surface area contributed by atoms with Gasteiger partial charge in [0.25, 0.3) is 0 Å². The van der Waals surface area contributed by atoms with Gasteiger partial charge in [0.15, 0.2) is 0 Å². The predicted molar refractivity (Wildman–Crippen MR) is 259 cm³/mol. The summed E-state index contributed by atoms with van der Waals surface area (Å²) in [6, 6.07) is -0.717. The quantitative estimate of drug-likeness (QED) is 0.0246. The Labute approximate surface area is 371 Å². The van der Waals surface area contributed by atoms with Crippen LogP contribution in [0.25, 0.3) is 0 Å². The Bertz CT molecular complexity index is 1080. The molecule has 3 unspecified atom stereocenters. The molecule has 0 aliphatic heterocycles. The molecule has 348 valence electrons. The van der Waals surface area contributed by atoms with Crippen molar-refractivity contribution in [3.63, 3.8) is 0 Å². The summed E-state index contributed by atoms with van der Waals surface area (Å²) in [4.78, 5) is 26.1. The van der Waals surface area contributed by atoms with E-state index in [4.69, 9.17) is 4.74 Å². The molecule has 6 heteroatoms. The molecule has 0 aromatic rings. The maximum Gasteiger partial charge on any atom is 0.306 e. The first-order valence-corrected chi connectivity index (χ1v) is 25.6. The number of esters is 1. The van der Waals surface area contributed by atoms with E-state index in [1.165, 1.54) is 122 Å². The third kappa shape index (κ3) is 42.3. The molecule has 0 aromatic heterocycles. The predicted octanol–water partition coefficient (Wildman–Crippen LogP) is 15.2. The zero-order valence-corrected chi connectivity index (χ0v) is 39.6. The van der Waals surface area contributed by atoms with Crippen LogP contribution in [0.1, 0.15) is 245 Å². The maximum absolute atomic E-state index is 13.2. The lowest BCUT2D eigenvalue weighted by molar-refractivity contribution is -0.151. The Balaban J connectivity index is 4.56. The number of rotatable bonds is 45. The highest BCUT2D eigenvalue weighted by Crippen LogP contribution is 2.18. The van der Waals surface area contributed by atoms with Crippen LogP contribution >= 0.6 is 0 Å². The lowest BCUT2D eigenvalue weighted by Crippen LogP contribution is -2.46. The zero-order valence-electron chi connectivity index (χ0n) is 39.6. The number of nitrogens with one attached hydrogen (secondary N) is 1. The van der Waals surface area contributed by atoms with Crippen molar-refractivity contribution in [2.24, 2.45) is 0 Å². The lowest BCUT2D eigenvalue weighted by Gasteiger charge is -2.24. The second-order valence-electron chi connectivity index (χ2n) is 17.3. The maximum atomic E-state index is 13.2. The Morgan fingerprint density at radius 3 is 1.48 bits per heavy atom. The van der Waals surface area contributed by atoms with Crippen molar-refractivity contribution in [3.05, 3.63) is 60.8 Å². The van der Waals surface area contributed by atoms with Gasteiger partial charge in [-0.1, -0.05) is 229 Å². The standard InChI is InChI=1S/C54H97NO5/c1-4-7-10-13-16-19-22-24-25-26-27-29-32-34-37-40-43-46-52(57)51(49-56)55-53(58)48-50(45-42-39-36-33-31-28-23-20-17-14-11-8-5-2)60-54(59)47-44-41-38-35-30-21-18-15-12-9-6-3/h8,11,14-15,17-18,20,23,28,31,50-52,56-57H,4-7,9-10,12-13,16,19,21-22,24-27,29-30,32-49H2,1-3H3,(H,55,58)/b11-8+,17-14+,18-15-,23-20+,31-28-. The molecular weight excluding hydrogens is 743 g/mol. The van der Waals surface area contributed by atoms with E-state index >= 15 is 0 Å². The molecule has 0 rings (SSSR count). The van der Waals surface area contributed by atoms with Gasteiger partial charge in [0, 0.05) is 6.42 Å². The molecule has 1 amide bonds. The molecule has 0 bridgehead atoms. The molecule has 3 N–H and O–H groups in total. The lowest BCUT2D eigenvalue weighted by atomic mass is 10.0. The smallest absolute Gasteiger partial charge is 0.306 e. The summed E-state index contributed by atoms with van der Waals surface area (Å²) < 4.78 is 5.89. The summed E-state index contributed by atoms with van der Waals surface area (Å²) in [7, 11) is 0. The second-order valence-corrected chi connectivity index (χ2v) is 17.3. The zero-order chi connectivity index (χ0) is 43.8. The van der Waals surface area contributed by atoms with Gasteiger partial charge in [-0.05, 0) is 64.2 Å². The summed E-state index contributed by atoms with van der Waals surface area (Å²) >= 11 is 0. The van der Waals surface area contributed by atoms with Crippen LogP contribution in [0.3, 0.4) is 0 Å². The number of hydrogen-bond donors (Lipinski definition) is 3. The largest absolute Gasteiger partial charge is 0.462 e. The van der Waals surface area contributed by atoms with Gasteiger partial charge in [-0.3, -0.25) is 9.59 Å². The average molecular weight is 840 g/mol. The van der Waals surface area contributed by atoms with Gasteiger partial charge in [0.05, 0.1) is 25.2 Å². The molecule has 60 heavy (non-hydrogen) atoms. The number of aliphatic hydroxyl groups excluding tert-OH is 2. The number of carbonyl (C=O) groups excluding carboxylic acids is 2. The number of aliphatic hydroxyl groups is 2. The molecule has 0 heterocycles. The molecule has 0 radical (unpaired) electrons. The first kappa shape index (κ1) is 57.6. The first-order valence-electron chi connectivity index (χ1n) is 25.6. The monoisotopic (exact) mass is 840 g/mol. The van der Waals surface area contributed by atoms with Crippen molar-refractivity contribution >= 4 is 11.9 Å². The van der Waals surface area contributed by atoms with Gasteiger partial charge in [-0.2, -0.15) is 0 Å². The molecule has 0 fully saturated rings. The molecule has 0 aliphatic carbocycles. The van der Waals surface area contributed by atoms with Crippen molar-refractivity contribution in [2.75, 3.05) is 6.61 Å². The number of ether oxygens (including phenoxy) is 1. The highest BCUT2D eigenvalue weighted by Gasteiger charge is 2.24. The topological polar surface area (TPSA) is 95.9 Å². The summed E-state index contributed by atoms with van der Waals surface area (Å²) in [6.45, 7) is 6.30. The Hall–Kier alpha value is -2.44. The van der Waals surface area contributed by atoms with Crippen LogP contribution in [0.2, 0.25) is 0 Å². The third-order valence-electron chi connectivity index (χ3n) is 11.4. The fourth-order valence-electron chi connectivity index (χ4n) is 7.54. The Morgan fingerprint density at radius 1 is 0.500 bits per heavy atom. The fourth-order valence-corrected chi connectivity index (χ4v) is 7.54. The Kier molecular flexibility index (Phi) is 45.7. The molecule has 0 aromatic carbocycles. The van der Waals surface area contributed by atoms with Crippen molar-refractivity contribution < 1.29 is 24.5 Å². The minimum Gasteiger partial charge on any atom is -0.462 e. The van der Waals surface area contributed by atoms with Crippen LogP contribution in [-0.4, -0.2) is 46.9 Å². The van der Waals surface area contributed by atoms with E-state index in [0.29, 0.717) is 19.3 Å². The van der Waals surface area contributed by atoms with E-state index in [1.807, 2.05) is 24.3 Å². The van der Waals surface area contributed by atoms with Crippen LogP contribution < -0.4 is 5.32 Å². The van der Waals surface area contributed by atoms with Crippen LogP contribution in [0, 0.1) is 0 Å². The summed E-state index contributed by atoms with van der Waals surface area (Å²) in [5.74, 6) is -0.524. The molecule has 0 saturated heterocycles. The van der Waals surface area contributed by atoms with Gasteiger partial charge in [-0.25, -0.2) is 0 Å². The average Bonchev–Trinajstić information content (AvgIpc) is 3.24. The summed E-state index contributed by atoms with van der Waals surface area (Å²) in [6.07, 6.45) is 58.5. The van der Waals surface area contributed by atoms with Gasteiger partial charge in [-0.15, -0.1) is 0 Å². The van der Waals surface area contributed by atoms with Crippen molar-refractivity contribution in [3.8, 4) is 0 Å². The summed E-state index contributed by atoms with van der Waals surface area (Å²) in [5.41, 5.74) is 0. The number of amides is 1. The summed E-state index contributed by atoms with van der Waals surface area (Å²) in [5, 5.41) is 23.8. The van der Waals surface area contributed by atoms with E-state index in [2.05, 4.69) is 62.5 Å². The van der Waals surface area contributed by atoms with Gasteiger partial charge in [0.1, 0.15) is 6.10 Å². The third-order valence-corrected chi connectivity index (χ3v) is 11.4. The number of unbranched alkanes of at least 4 members (excludes halogenated alkanes) is 26. The fraction of sp³-hybridized carbons (Fsp3) is 0.778. The van der Waals surface area contributed by atoms with E-state index in [9.17, 15) is 19.8 Å². The normalized spacial score (nSPS) is 13.8. The Morgan fingerprint density at radius 2 is 0.933 bits per heavy atom. The molecule has 0 aliphatic rings. The van der Waals surface area contributed by atoms with E-state index in [-0.39, 0.29) is 24.9 Å². The second kappa shape index (κ2) is 47.6. The molecule has 3 atom stereocenters. The van der Waals surface area contributed by atoms with Crippen molar-refractivity contribution in [1.29, 1.82) is 0 Å². The van der Waals surface area contributed by atoms with E-state index < -0.39 is 18.2 Å². The van der Waals surface area contributed by atoms with Crippen LogP contribution in [0.15, 0.2) is 60.8 Å². The SMILES string of the molecule is CC/C=C/C=C/C=C/C=C\CCCCCC(CC(=O)NC(CO)C(O)CCCCCCCCCCCCCCCCCCC)OC(=O)CCCCCCC/C=C\CCCC. The van der Waals surface area contributed by atoms with Gasteiger partial charge in [0.2, 0.25) is 5.91 Å². The number of hydrogen-bond acceptors (Lipinski definition) is 5. The molecule has 0 saturated carbocycles. The van der Waals surface area contributed by atoms with E-state index in [0.717, 1.165) is 77.0 Å². The minimum absolute atomic E-state index is 0.0471. The molecule has 6 nitrogen and oxygen atoms in total. The first-order chi connectivity index (χ1) is 29.5.